The Morgan fingerprint density at radius 3 is 3.00 bits per heavy atom. The lowest BCUT2D eigenvalue weighted by atomic mass is 10.2. The fourth-order valence-electron chi connectivity index (χ4n) is 0.765. The van der Waals surface area contributed by atoms with Crippen LogP contribution < -0.4 is 0 Å². The van der Waals surface area contributed by atoms with Gasteiger partial charge in [-0.3, -0.25) is 0 Å². The largest absolute Gasteiger partial charge is 0.231 e. The molecule has 2 nitrogen and oxygen atoms in total. The minimum absolute atomic E-state index is 0.679. The molecule has 0 bridgehead atoms. The van der Waals surface area contributed by atoms with Crippen LogP contribution in [0.3, 0.4) is 0 Å². The molecule has 1 rings (SSSR count). The highest BCUT2D eigenvalue weighted by Crippen LogP contribution is 2.03. The Balaban J connectivity index is 2.75. The predicted octanol–water partition coefficient (Wildman–Crippen LogP) is 2.19. The fourth-order valence-corrected chi connectivity index (χ4v) is 1.11. The van der Waals surface area contributed by atoms with E-state index in [9.17, 15) is 0 Å². The summed E-state index contributed by atoms with van der Waals surface area (Å²) in [5, 5.41) is 0. The van der Waals surface area contributed by atoms with Crippen molar-refractivity contribution in [3.8, 4) is 0 Å². The van der Waals surface area contributed by atoms with E-state index in [1.54, 1.807) is 6.20 Å². The van der Waals surface area contributed by atoms with E-state index in [-0.39, 0.29) is 0 Å². The van der Waals surface area contributed by atoms with Gasteiger partial charge in [0.1, 0.15) is 0 Å². The Morgan fingerprint density at radius 2 is 2.40 bits per heavy atom. The average Bonchev–Trinajstić information content (AvgIpc) is 1.88. The zero-order chi connectivity index (χ0) is 7.40. The van der Waals surface area contributed by atoms with E-state index >= 15 is 0 Å². The van der Waals surface area contributed by atoms with Crippen molar-refractivity contribution in [1.82, 2.24) is 9.97 Å². The molecule has 0 radical (unpaired) electrons. The monoisotopic (exact) mass is 200 g/mol. The molecule has 0 aromatic carbocycles. The lowest BCUT2D eigenvalue weighted by molar-refractivity contribution is 0.863. The van der Waals surface area contributed by atoms with Crippen LogP contribution in [0.1, 0.15) is 19.0 Å². The van der Waals surface area contributed by atoms with Crippen molar-refractivity contribution in [2.75, 3.05) is 0 Å². The molecule has 0 aliphatic rings. The zero-order valence-corrected chi connectivity index (χ0v) is 7.43. The van der Waals surface area contributed by atoms with E-state index in [1.165, 1.54) is 0 Å². The summed E-state index contributed by atoms with van der Waals surface area (Å²) < 4.78 is 0.679. The number of hydrogen-bond acceptors (Lipinski definition) is 2. The second-order valence-electron chi connectivity index (χ2n) is 2.07. The minimum Gasteiger partial charge on any atom is -0.231 e. The minimum atomic E-state index is 0.679. The van der Waals surface area contributed by atoms with Crippen LogP contribution in [0.2, 0.25) is 0 Å². The number of aromatic nitrogens is 2. The lowest BCUT2D eigenvalue weighted by Gasteiger charge is -1.95. The van der Waals surface area contributed by atoms with E-state index in [0.29, 0.717) is 4.73 Å². The van der Waals surface area contributed by atoms with Gasteiger partial charge in [0.2, 0.25) is 0 Å². The highest BCUT2D eigenvalue weighted by molar-refractivity contribution is 9.10. The van der Waals surface area contributed by atoms with Crippen molar-refractivity contribution >= 4 is 15.9 Å². The van der Waals surface area contributed by atoms with E-state index in [0.717, 1.165) is 18.5 Å². The van der Waals surface area contributed by atoms with Gasteiger partial charge in [-0.15, -0.1) is 0 Å². The molecule has 54 valence electrons. The third-order valence-corrected chi connectivity index (χ3v) is 1.57. The van der Waals surface area contributed by atoms with Crippen LogP contribution in [0, 0.1) is 0 Å². The molecular formula is C7H9BrN2. The van der Waals surface area contributed by atoms with Gasteiger partial charge in [0, 0.05) is 11.9 Å². The van der Waals surface area contributed by atoms with Crippen LogP contribution in [0.15, 0.2) is 17.0 Å². The normalized spacial score (nSPS) is 9.80. The number of halogens is 1. The Morgan fingerprint density at radius 1 is 1.60 bits per heavy atom. The number of nitrogens with zero attached hydrogens (tertiary/aromatic N) is 2. The van der Waals surface area contributed by atoms with E-state index < -0.39 is 0 Å². The lowest BCUT2D eigenvalue weighted by Crippen LogP contribution is -1.90. The highest BCUT2D eigenvalue weighted by Gasteiger charge is 1.92. The predicted molar refractivity (Wildman–Crippen MR) is 43.7 cm³/mol. The molecule has 0 aliphatic heterocycles. The molecule has 0 amide bonds. The van der Waals surface area contributed by atoms with Crippen molar-refractivity contribution in [1.29, 1.82) is 0 Å². The molecule has 0 spiro atoms. The summed E-state index contributed by atoms with van der Waals surface area (Å²) >= 11 is 3.21. The van der Waals surface area contributed by atoms with Crippen LogP contribution >= 0.6 is 15.9 Å². The second kappa shape index (κ2) is 3.66. The van der Waals surface area contributed by atoms with Crippen LogP contribution in [0.5, 0.6) is 0 Å². The maximum atomic E-state index is 4.17. The van der Waals surface area contributed by atoms with Gasteiger partial charge in [-0.2, -0.15) is 0 Å². The molecule has 10 heavy (non-hydrogen) atoms. The molecule has 0 N–H and O–H groups in total. The molecular weight excluding hydrogens is 192 g/mol. The maximum absolute atomic E-state index is 4.17. The highest BCUT2D eigenvalue weighted by atomic mass is 79.9. The number of hydrogen-bond donors (Lipinski definition) is 0. The van der Waals surface area contributed by atoms with Gasteiger partial charge >= 0.3 is 0 Å². The van der Waals surface area contributed by atoms with Gasteiger partial charge < -0.3 is 0 Å². The van der Waals surface area contributed by atoms with Crippen LogP contribution in [0.4, 0.5) is 0 Å². The molecule has 0 fully saturated rings. The van der Waals surface area contributed by atoms with Gasteiger partial charge in [0.25, 0.3) is 0 Å². The first-order valence-corrected chi connectivity index (χ1v) is 4.09. The van der Waals surface area contributed by atoms with Crippen molar-refractivity contribution in [3.05, 3.63) is 22.7 Å². The van der Waals surface area contributed by atoms with Crippen molar-refractivity contribution in [3.63, 3.8) is 0 Å². The molecule has 3 heteroatoms. The Hall–Kier alpha value is -0.440. The molecule has 0 saturated carbocycles. The van der Waals surface area contributed by atoms with Gasteiger partial charge in [-0.05, 0) is 28.4 Å². The van der Waals surface area contributed by atoms with Gasteiger partial charge in [0.15, 0.2) is 4.73 Å². The Bertz CT molecular complexity index is 213. The van der Waals surface area contributed by atoms with Crippen LogP contribution in [-0.4, -0.2) is 9.97 Å². The molecule has 0 atom stereocenters. The molecule has 0 saturated heterocycles. The Labute approximate surface area is 68.8 Å². The number of aryl methyl sites for hydroxylation is 1. The summed E-state index contributed by atoms with van der Waals surface area (Å²) in [6.07, 6.45) is 3.92. The van der Waals surface area contributed by atoms with Crippen molar-refractivity contribution in [2.24, 2.45) is 0 Å². The molecule has 0 unspecified atom stereocenters. The first kappa shape index (κ1) is 7.66. The van der Waals surface area contributed by atoms with Gasteiger partial charge in [-0.1, -0.05) is 13.3 Å². The molecule has 1 aromatic rings. The summed E-state index contributed by atoms with van der Waals surface area (Å²) in [7, 11) is 0. The summed E-state index contributed by atoms with van der Waals surface area (Å²) in [6.45, 7) is 2.13. The topological polar surface area (TPSA) is 25.8 Å². The van der Waals surface area contributed by atoms with Crippen molar-refractivity contribution in [2.45, 2.75) is 19.8 Å². The maximum Gasteiger partial charge on any atom is 0.196 e. The molecule has 0 aliphatic carbocycles. The quantitative estimate of drug-likeness (QED) is 0.685. The summed E-state index contributed by atoms with van der Waals surface area (Å²) in [6, 6.07) is 1.94. The third kappa shape index (κ3) is 2.06. The first-order chi connectivity index (χ1) is 4.83. The SMILES string of the molecule is CCCc1ccnc(Br)n1. The smallest absolute Gasteiger partial charge is 0.196 e. The van der Waals surface area contributed by atoms with Gasteiger partial charge in [-0.25, -0.2) is 9.97 Å². The van der Waals surface area contributed by atoms with Crippen LogP contribution in [-0.2, 0) is 6.42 Å². The standard InChI is InChI=1S/C7H9BrN2/c1-2-3-6-4-5-9-7(8)10-6/h4-5H,2-3H2,1H3. The molecule has 1 heterocycles. The summed E-state index contributed by atoms with van der Waals surface area (Å²) in [4.78, 5) is 8.10. The Kier molecular flexibility index (Phi) is 2.81. The summed E-state index contributed by atoms with van der Waals surface area (Å²) in [5.41, 5.74) is 1.10. The van der Waals surface area contributed by atoms with Gasteiger partial charge in [0.05, 0.1) is 0 Å². The van der Waals surface area contributed by atoms with E-state index in [4.69, 9.17) is 0 Å². The fraction of sp³-hybridized carbons (Fsp3) is 0.429. The second-order valence-corrected chi connectivity index (χ2v) is 2.78. The third-order valence-electron chi connectivity index (χ3n) is 1.19. The first-order valence-electron chi connectivity index (χ1n) is 3.30. The zero-order valence-electron chi connectivity index (χ0n) is 5.84. The van der Waals surface area contributed by atoms with E-state index in [1.807, 2.05) is 6.07 Å². The molecule has 1 aromatic heterocycles. The van der Waals surface area contributed by atoms with Crippen LogP contribution in [0.25, 0.3) is 0 Å². The van der Waals surface area contributed by atoms with E-state index in [2.05, 4.69) is 32.8 Å². The number of rotatable bonds is 2. The average molecular weight is 201 g/mol. The van der Waals surface area contributed by atoms with Crippen molar-refractivity contribution < 1.29 is 0 Å². The summed E-state index contributed by atoms with van der Waals surface area (Å²) in [5.74, 6) is 0.